The Morgan fingerprint density at radius 2 is 1.71 bits per heavy atom. The third-order valence-electron chi connectivity index (χ3n) is 4.01. The van der Waals surface area contributed by atoms with Crippen molar-refractivity contribution < 1.29 is 9.59 Å². The predicted octanol–water partition coefficient (Wildman–Crippen LogP) is 2.89. The first-order valence-corrected chi connectivity index (χ1v) is 7.66. The van der Waals surface area contributed by atoms with Gasteiger partial charge in [-0.05, 0) is 49.9 Å². The van der Waals surface area contributed by atoms with Gasteiger partial charge in [-0.3, -0.25) is 9.59 Å². The SMILES string of the molecule is CCC(=O)N1CCC(C(=O)Nc2cc(C)cc(C)c2)CC1. The second kappa shape index (κ2) is 6.74. The number of rotatable bonds is 3. The number of piperidine rings is 1. The average molecular weight is 288 g/mol. The van der Waals surface area contributed by atoms with Crippen molar-refractivity contribution in [1.29, 1.82) is 0 Å². The lowest BCUT2D eigenvalue weighted by Gasteiger charge is -2.31. The van der Waals surface area contributed by atoms with E-state index in [1.807, 2.05) is 37.8 Å². The monoisotopic (exact) mass is 288 g/mol. The number of carbonyl (C=O) groups excluding carboxylic acids is 2. The predicted molar refractivity (Wildman–Crippen MR) is 84.1 cm³/mol. The molecule has 1 aliphatic heterocycles. The Bertz CT molecular complexity index is 511. The first-order chi connectivity index (χ1) is 9.99. The van der Waals surface area contributed by atoms with Gasteiger partial charge in [-0.2, -0.15) is 0 Å². The van der Waals surface area contributed by atoms with Crippen LogP contribution in [0.3, 0.4) is 0 Å². The van der Waals surface area contributed by atoms with E-state index in [0.717, 1.165) is 29.7 Å². The van der Waals surface area contributed by atoms with Crippen molar-refractivity contribution in [3.05, 3.63) is 29.3 Å². The van der Waals surface area contributed by atoms with Crippen molar-refractivity contribution in [3.8, 4) is 0 Å². The van der Waals surface area contributed by atoms with Crippen molar-refractivity contribution in [3.63, 3.8) is 0 Å². The molecule has 1 N–H and O–H groups in total. The quantitative estimate of drug-likeness (QED) is 0.929. The normalized spacial score (nSPS) is 15.9. The van der Waals surface area contributed by atoms with Crippen LogP contribution in [0.4, 0.5) is 5.69 Å². The van der Waals surface area contributed by atoms with E-state index >= 15 is 0 Å². The minimum absolute atomic E-state index is 0.00623. The highest BCUT2D eigenvalue weighted by Gasteiger charge is 2.26. The lowest BCUT2D eigenvalue weighted by atomic mass is 9.95. The zero-order valence-electron chi connectivity index (χ0n) is 13.1. The topological polar surface area (TPSA) is 49.4 Å². The molecule has 1 fully saturated rings. The van der Waals surface area contributed by atoms with Crippen LogP contribution in [0, 0.1) is 19.8 Å². The van der Waals surface area contributed by atoms with E-state index in [-0.39, 0.29) is 17.7 Å². The number of hydrogen-bond acceptors (Lipinski definition) is 2. The standard InChI is InChI=1S/C17H24N2O2/c1-4-16(20)19-7-5-14(6-8-19)17(21)18-15-10-12(2)9-13(3)11-15/h9-11,14H,4-8H2,1-3H3,(H,18,21). The molecule has 1 aromatic rings. The first kappa shape index (κ1) is 15.5. The summed E-state index contributed by atoms with van der Waals surface area (Å²) in [7, 11) is 0. The molecule has 0 unspecified atom stereocenters. The van der Waals surface area contributed by atoms with Crippen LogP contribution in [0.2, 0.25) is 0 Å². The fourth-order valence-electron chi connectivity index (χ4n) is 2.91. The summed E-state index contributed by atoms with van der Waals surface area (Å²) >= 11 is 0. The van der Waals surface area contributed by atoms with Gasteiger partial charge in [0.25, 0.3) is 0 Å². The summed E-state index contributed by atoms with van der Waals surface area (Å²) < 4.78 is 0. The molecular formula is C17H24N2O2. The van der Waals surface area contributed by atoms with Crippen molar-refractivity contribution >= 4 is 17.5 Å². The fraction of sp³-hybridized carbons (Fsp3) is 0.529. The fourth-order valence-corrected chi connectivity index (χ4v) is 2.91. The molecule has 0 bridgehead atoms. The van der Waals surface area contributed by atoms with Crippen molar-refractivity contribution in [2.75, 3.05) is 18.4 Å². The smallest absolute Gasteiger partial charge is 0.227 e. The number of benzene rings is 1. The third kappa shape index (κ3) is 4.06. The van der Waals surface area contributed by atoms with Gasteiger partial charge >= 0.3 is 0 Å². The molecule has 0 aromatic heterocycles. The molecule has 2 rings (SSSR count). The van der Waals surface area contributed by atoms with Gasteiger partial charge in [-0.25, -0.2) is 0 Å². The van der Waals surface area contributed by atoms with E-state index in [4.69, 9.17) is 0 Å². The summed E-state index contributed by atoms with van der Waals surface area (Å²) in [6, 6.07) is 6.06. The zero-order valence-corrected chi connectivity index (χ0v) is 13.1. The summed E-state index contributed by atoms with van der Waals surface area (Å²) in [5.74, 6) is 0.262. The molecule has 114 valence electrons. The van der Waals surface area contributed by atoms with Crippen LogP contribution >= 0.6 is 0 Å². The van der Waals surface area contributed by atoms with Gasteiger partial charge in [0.05, 0.1) is 0 Å². The maximum atomic E-state index is 12.3. The number of nitrogens with zero attached hydrogens (tertiary/aromatic N) is 1. The van der Waals surface area contributed by atoms with Crippen LogP contribution in [0.15, 0.2) is 18.2 Å². The Hall–Kier alpha value is -1.84. The summed E-state index contributed by atoms with van der Waals surface area (Å²) in [6.45, 7) is 7.31. The van der Waals surface area contributed by atoms with E-state index in [1.54, 1.807) is 0 Å². The molecule has 0 aliphatic carbocycles. The molecule has 0 radical (unpaired) electrons. The summed E-state index contributed by atoms with van der Waals surface area (Å²) in [4.78, 5) is 25.8. The van der Waals surface area contributed by atoms with E-state index in [0.29, 0.717) is 19.5 Å². The van der Waals surface area contributed by atoms with Crippen molar-refractivity contribution in [2.24, 2.45) is 5.92 Å². The van der Waals surface area contributed by atoms with Crippen LogP contribution in [0.1, 0.15) is 37.3 Å². The van der Waals surface area contributed by atoms with E-state index in [9.17, 15) is 9.59 Å². The molecule has 1 heterocycles. The van der Waals surface area contributed by atoms with Crippen molar-refractivity contribution in [2.45, 2.75) is 40.0 Å². The zero-order chi connectivity index (χ0) is 15.4. The van der Waals surface area contributed by atoms with Gasteiger partial charge in [-0.15, -0.1) is 0 Å². The highest BCUT2D eigenvalue weighted by molar-refractivity contribution is 5.93. The van der Waals surface area contributed by atoms with E-state index < -0.39 is 0 Å². The van der Waals surface area contributed by atoms with E-state index in [1.165, 1.54) is 0 Å². The number of amides is 2. The van der Waals surface area contributed by atoms with Crippen LogP contribution < -0.4 is 5.32 Å². The van der Waals surface area contributed by atoms with Crippen LogP contribution in [0.5, 0.6) is 0 Å². The summed E-state index contributed by atoms with van der Waals surface area (Å²) in [5.41, 5.74) is 3.16. The Balaban J connectivity index is 1.91. The molecule has 1 aliphatic rings. The molecule has 4 heteroatoms. The molecule has 2 amide bonds. The number of carbonyl (C=O) groups is 2. The molecule has 0 spiro atoms. The molecule has 1 saturated heterocycles. The van der Waals surface area contributed by atoms with Crippen LogP contribution in [0.25, 0.3) is 0 Å². The molecular weight excluding hydrogens is 264 g/mol. The van der Waals surface area contributed by atoms with Gasteiger partial charge in [0.15, 0.2) is 0 Å². The van der Waals surface area contributed by atoms with Gasteiger partial charge in [0.1, 0.15) is 0 Å². The lowest BCUT2D eigenvalue weighted by molar-refractivity contribution is -0.134. The summed E-state index contributed by atoms with van der Waals surface area (Å²) in [6.07, 6.45) is 2.05. The van der Waals surface area contributed by atoms with Gasteiger partial charge in [0, 0.05) is 31.1 Å². The second-order valence-electron chi connectivity index (χ2n) is 5.87. The van der Waals surface area contributed by atoms with Crippen molar-refractivity contribution in [1.82, 2.24) is 4.90 Å². The lowest BCUT2D eigenvalue weighted by Crippen LogP contribution is -2.41. The largest absolute Gasteiger partial charge is 0.343 e. The second-order valence-corrected chi connectivity index (χ2v) is 5.87. The number of hydrogen-bond donors (Lipinski definition) is 1. The van der Waals surface area contributed by atoms with Gasteiger partial charge in [0.2, 0.25) is 11.8 Å². The van der Waals surface area contributed by atoms with E-state index in [2.05, 4.69) is 11.4 Å². The third-order valence-corrected chi connectivity index (χ3v) is 4.01. The number of likely N-dealkylation sites (tertiary alicyclic amines) is 1. The van der Waals surface area contributed by atoms with Gasteiger partial charge in [-0.1, -0.05) is 13.0 Å². The Morgan fingerprint density at radius 1 is 1.14 bits per heavy atom. The molecule has 21 heavy (non-hydrogen) atoms. The molecule has 0 saturated carbocycles. The molecule has 4 nitrogen and oxygen atoms in total. The minimum atomic E-state index is 0.00623. The number of aryl methyl sites for hydroxylation is 2. The Kier molecular flexibility index (Phi) is 4.99. The maximum Gasteiger partial charge on any atom is 0.227 e. The van der Waals surface area contributed by atoms with Crippen LogP contribution in [-0.2, 0) is 9.59 Å². The maximum absolute atomic E-state index is 12.3. The minimum Gasteiger partial charge on any atom is -0.343 e. The number of nitrogens with one attached hydrogen (secondary N) is 1. The molecule has 0 atom stereocenters. The summed E-state index contributed by atoms with van der Waals surface area (Å²) in [5, 5.41) is 3.01. The number of anilines is 1. The highest BCUT2D eigenvalue weighted by Crippen LogP contribution is 2.21. The molecule has 1 aromatic carbocycles. The first-order valence-electron chi connectivity index (χ1n) is 7.66. The Labute approximate surface area is 126 Å². The average Bonchev–Trinajstić information content (AvgIpc) is 2.45. The van der Waals surface area contributed by atoms with Crippen LogP contribution in [-0.4, -0.2) is 29.8 Å². The van der Waals surface area contributed by atoms with Gasteiger partial charge < -0.3 is 10.2 Å². The highest BCUT2D eigenvalue weighted by atomic mass is 16.2. The Morgan fingerprint density at radius 3 is 2.24 bits per heavy atom.